The number of nitrogen functional groups attached to an aromatic ring is 1. The second-order valence-corrected chi connectivity index (χ2v) is 4.20. The molecule has 0 bridgehead atoms. The predicted molar refractivity (Wildman–Crippen MR) is 57.5 cm³/mol. The van der Waals surface area contributed by atoms with Gasteiger partial charge in [0.1, 0.15) is 5.54 Å². The number of hydrogen-bond acceptors (Lipinski definition) is 4. The van der Waals surface area contributed by atoms with Crippen molar-refractivity contribution in [3.05, 3.63) is 23.6 Å². The van der Waals surface area contributed by atoms with E-state index in [0.717, 1.165) is 12.3 Å². The summed E-state index contributed by atoms with van der Waals surface area (Å²) < 4.78 is 51.7. The van der Waals surface area contributed by atoms with Crippen LogP contribution in [0.5, 0.6) is 0 Å². The molecule has 0 spiro atoms. The molecule has 0 aromatic carbocycles. The molecule has 1 aliphatic rings. The third-order valence-electron chi connectivity index (χ3n) is 2.92. The number of nitrogens with zero attached hydrogens (tertiary/aromatic N) is 1. The fourth-order valence-electron chi connectivity index (χ4n) is 1.61. The number of pyridine rings is 1. The first-order valence-corrected chi connectivity index (χ1v) is 5.31. The zero-order valence-electron chi connectivity index (χ0n) is 9.51. The topological polar surface area (TPSA) is 80.0 Å². The second kappa shape index (κ2) is 4.34. The lowest BCUT2D eigenvalue weighted by Gasteiger charge is -2.20. The number of amides is 1. The van der Waals surface area contributed by atoms with Crippen molar-refractivity contribution in [2.75, 3.05) is 5.43 Å². The van der Waals surface area contributed by atoms with Crippen molar-refractivity contribution in [3.63, 3.8) is 0 Å². The Kier molecular flexibility index (Phi) is 3.09. The van der Waals surface area contributed by atoms with Gasteiger partial charge in [0, 0.05) is 6.20 Å². The third-order valence-corrected chi connectivity index (χ3v) is 2.92. The number of hydrogen-bond donors (Lipinski definition) is 3. The van der Waals surface area contributed by atoms with Crippen molar-refractivity contribution in [2.24, 2.45) is 5.84 Å². The van der Waals surface area contributed by atoms with Crippen LogP contribution >= 0.6 is 0 Å². The third kappa shape index (κ3) is 2.33. The van der Waals surface area contributed by atoms with Crippen molar-refractivity contribution in [1.29, 1.82) is 0 Å². The lowest BCUT2D eigenvalue weighted by Crippen LogP contribution is -2.48. The van der Waals surface area contributed by atoms with Gasteiger partial charge >= 0.3 is 6.18 Å². The molecule has 2 rings (SSSR count). The quantitative estimate of drug-likeness (QED) is 0.443. The van der Waals surface area contributed by atoms with Gasteiger partial charge in [0.25, 0.3) is 5.91 Å². The van der Waals surface area contributed by atoms with E-state index in [4.69, 9.17) is 5.84 Å². The van der Waals surface area contributed by atoms with Gasteiger partial charge in [-0.25, -0.2) is 15.2 Å². The van der Waals surface area contributed by atoms with Crippen LogP contribution in [0.2, 0.25) is 0 Å². The molecule has 1 amide bonds. The van der Waals surface area contributed by atoms with Crippen LogP contribution in [0.25, 0.3) is 0 Å². The number of nitrogens with one attached hydrogen (secondary N) is 2. The van der Waals surface area contributed by atoms with Gasteiger partial charge in [-0.2, -0.15) is 13.2 Å². The van der Waals surface area contributed by atoms with Gasteiger partial charge < -0.3 is 10.7 Å². The van der Waals surface area contributed by atoms with Crippen LogP contribution in [0.3, 0.4) is 0 Å². The van der Waals surface area contributed by atoms with Crippen LogP contribution < -0.4 is 16.6 Å². The fourth-order valence-corrected chi connectivity index (χ4v) is 1.61. The molecule has 0 saturated heterocycles. The number of halogens is 4. The Morgan fingerprint density at radius 2 is 2.05 bits per heavy atom. The first-order valence-electron chi connectivity index (χ1n) is 5.31. The number of aromatic nitrogens is 1. The summed E-state index contributed by atoms with van der Waals surface area (Å²) in [7, 11) is 0. The van der Waals surface area contributed by atoms with E-state index < -0.39 is 34.8 Å². The zero-order valence-corrected chi connectivity index (χ0v) is 9.51. The molecule has 0 radical (unpaired) electrons. The minimum Gasteiger partial charge on any atom is -0.338 e. The maximum Gasteiger partial charge on any atom is 0.411 e. The largest absolute Gasteiger partial charge is 0.411 e. The Labute approximate surface area is 105 Å². The summed E-state index contributed by atoms with van der Waals surface area (Å²) in [6.07, 6.45) is -3.91. The van der Waals surface area contributed by atoms with Crippen LogP contribution in [0.15, 0.2) is 12.3 Å². The number of carbonyl (C=O) groups excluding carboxylic acids is 1. The fraction of sp³-hybridized carbons (Fsp3) is 0.400. The summed E-state index contributed by atoms with van der Waals surface area (Å²) in [6.45, 7) is 0. The first-order chi connectivity index (χ1) is 8.81. The minimum atomic E-state index is -4.55. The molecular weight excluding hydrogens is 268 g/mol. The molecule has 1 aliphatic carbocycles. The molecule has 1 saturated carbocycles. The highest BCUT2D eigenvalue weighted by atomic mass is 19.4. The van der Waals surface area contributed by atoms with Crippen LogP contribution in [-0.2, 0) is 0 Å². The van der Waals surface area contributed by atoms with Crippen LogP contribution in [0.4, 0.5) is 23.4 Å². The highest BCUT2D eigenvalue weighted by Crippen LogP contribution is 2.49. The van der Waals surface area contributed by atoms with E-state index >= 15 is 0 Å². The van der Waals surface area contributed by atoms with E-state index in [1.165, 1.54) is 0 Å². The summed E-state index contributed by atoms with van der Waals surface area (Å²) in [4.78, 5) is 15.2. The number of alkyl halides is 3. The Bertz CT molecular complexity index is 513. The predicted octanol–water partition coefficient (Wildman–Crippen LogP) is 1.33. The van der Waals surface area contributed by atoms with Crippen molar-refractivity contribution in [1.82, 2.24) is 10.3 Å². The Morgan fingerprint density at radius 1 is 1.42 bits per heavy atom. The van der Waals surface area contributed by atoms with Gasteiger partial charge in [-0.1, -0.05) is 0 Å². The van der Waals surface area contributed by atoms with Crippen molar-refractivity contribution >= 4 is 11.7 Å². The molecule has 1 fully saturated rings. The number of carbonyl (C=O) groups is 1. The first kappa shape index (κ1) is 13.5. The average Bonchev–Trinajstić information content (AvgIpc) is 3.09. The molecule has 9 heteroatoms. The van der Waals surface area contributed by atoms with Crippen molar-refractivity contribution < 1.29 is 22.4 Å². The highest BCUT2D eigenvalue weighted by molar-refractivity contribution is 5.96. The lowest BCUT2D eigenvalue weighted by molar-refractivity contribution is -0.163. The molecule has 0 atom stereocenters. The summed E-state index contributed by atoms with van der Waals surface area (Å²) in [6, 6.07) is 0.984. The van der Waals surface area contributed by atoms with Crippen LogP contribution in [0, 0.1) is 5.82 Å². The normalized spacial score (nSPS) is 16.9. The van der Waals surface area contributed by atoms with E-state index in [-0.39, 0.29) is 12.8 Å². The van der Waals surface area contributed by atoms with Crippen LogP contribution in [-0.4, -0.2) is 22.6 Å². The molecule has 1 aromatic rings. The van der Waals surface area contributed by atoms with E-state index in [1.54, 1.807) is 0 Å². The molecule has 0 unspecified atom stereocenters. The number of anilines is 1. The number of rotatable bonds is 3. The Hall–Kier alpha value is -1.90. The molecule has 4 N–H and O–H groups in total. The summed E-state index contributed by atoms with van der Waals surface area (Å²) in [5.41, 5.74) is -0.872. The SMILES string of the molecule is NNc1nccc(C(=O)NC2(C(F)(F)F)CC2)c1F. The number of nitrogens with two attached hydrogens (primary N) is 1. The molecule has 1 aromatic heterocycles. The molecule has 0 aliphatic heterocycles. The van der Waals surface area contributed by atoms with Gasteiger partial charge in [-0.05, 0) is 18.9 Å². The maximum atomic E-state index is 13.7. The van der Waals surface area contributed by atoms with Gasteiger partial charge in [0.15, 0.2) is 11.6 Å². The van der Waals surface area contributed by atoms with Crippen molar-refractivity contribution in [2.45, 2.75) is 24.6 Å². The summed E-state index contributed by atoms with van der Waals surface area (Å²) in [5, 5.41) is 1.82. The Morgan fingerprint density at radius 3 is 2.53 bits per heavy atom. The van der Waals surface area contributed by atoms with Gasteiger partial charge in [0.05, 0.1) is 5.56 Å². The van der Waals surface area contributed by atoms with E-state index in [9.17, 15) is 22.4 Å². The lowest BCUT2D eigenvalue weighted by atomic mass is 10.2. The van der Waals surface area contributed by atoms with Gasteiger partial charge in [0.2, 0.25) is 0 Å². The second-order valence-electron chi connectivity index (χ2n) is 4.20. The average molecular weight is 278 g/mol. The van der Waals surface area contributed by atoms with Crippen LogP contribution in [0.1, 0.15) is 23.2 Å². The maximum absolute atomic E-state index is 13.7. The monoisotopic (exact) mass is 278 g/mol. The highest BCUT2D eigenvalue weighted by Gasteiger charge is 2.64. The minimum absolute atomic E-state index is 0.211. The van der Waals surface area contributed by atoms with E-state index in [2.05, 4.69) is 4.98 Å². The zero-order chi connectivity index (χ0) is 14.3. The standard InChI is InChI=1S/C10H10F4N4O/c11-6-5(1-4-16-7(6)18-15)8(19)17-9(2-3-9)10(12,13)14/h1,4H,2-3,15H2,(H,16,18)(H,17,19). The summed E-state index contributed by atoms with van der Waals surface area (Å²) in [5.74, 6) is 2.31. The van der Waals surface area contributed by atoms with Gasteiger partial charge in [-0.15, -0.1) is 0 Å². The molecule has 104 valence electrons. The Balaban J connectivity index is 2.22. The molecular formula is C10H10F4N4O. The smallest absolute Gasteiger partial charge is 0.338 e. The summed E-state index contributed by atoms with van der Waals surface area (Å²) >= 11 is 0. The molecule has 19 heavy (non-hydrogen) atoms. The molecule has 1 heterocycles. The number of hydrazine groups is 1. The van der Waals surface area contributed by atoms with Gasteiger partial charge in [-0.3, -0.25) is 4.79 Å². The van der Waals surface area contributed by atoms with E-state index in [1.807, 2.05) is 10.7 Å². The van der Waals surface area contributed by atoms with Crippen molar-refractivity contribution in [3.8, 4) is 0 Å². The molecule has 5 nitrogen and oxygen atoms in total. The van der Waals surface area contributed by atoms with E-state index in [0.29, 0.717) is 0 Å².